The molecule has 2 aromatic carbocycles. The van der Waals surface area contributed by atoms with Gasteiger partial charge < -0.3 is 10.3 Å². The van der Waals surface area contributed by atoms with Crippen LogP contribution in [0.1, 0.15) is 34.2 Å². The van der Waals surface area contributed by atoms with Crippen LogP contribution in [0.4, 0.5) is 0 Å². The maximum Gasteiger partial charge on any atom is 0.251 e. The van der Waals surface area contributed by atoms with Gasteiger partial charge in [0, 0.05) is 28.9 Å². The Labute approximate surface area is 164 Å². The number of fused-ring (bicyclic) bond motifs is 1. The lowest BCUT2D eigenvalue weighted by Crippen LogP contribution is -2.13. The molecule has 0 atom stereocenters. The molecule has 28 heavy (non-hydrogen) atoms. The topological polar surface area (TPSA) is 60.9 Å². The average molecular weight is 369 g/mol. The molecule has 4 rings (SSSR count). The lowest BCUT2D eigenvalue weighted by molar-refractivity contribution is 0.1000. The Morgan fingerprint density at radius 3 is 2.43 bits per heavy atom. The molecule has 0 radical (unpaired) electrons. The van der Waals surface area contributed by atoms with E-state index in [0.29, 0.717) is 12.1 Å². The van der Waals surface area contributed by atoms with Crippen LogP contribution in [0.2, 0.25) is 0 Å². The van der Waals surface area contributed by atoms with E-state index in [-0.39, 0.29) is 0 Å². The minimum absolute atomic E-state index is 0.413. The number of benzene rings is 2. The first-order valence-corrected chi connectivity index (χ1v) is 9.52. The highest BCUT2D eigenvalue weighted by molar-refractivity contribution is 6.02. The maximum atomic E-state index is 12.4. The SMILES string of the molecule is CCc1c(-c2ccc3ccccc3n2)c(C(N)=O)c(C)n1Cc1ccccc1. The van der Waals surface area contributed by atoms with Crippen molar-refractivity contribution in [2.45, 2.75) is 26.8 Å². The smallest absolute Gasteiger partial charge is 0.251 e. The summed E-state index contributed by atoms with van der Waals surface area (Å²) in [5, 5.41) is 1.07. The first kappa shape index (κ1) is 18.0. The van der Waals surface area contributed by atoms with Crippen molar-refractivity contribution in [3.05, 3.63) is 89.2 Å². The van der Waals surface area contributed by atoms with Crippen LogP contribution < -0.4 is 5.73 Å². The third-order valence-electron chi connectivity index (χ3n) is 5.25. The number of amides is 1. The van der Waals surface area contributed by atoms with E-state index in [1.54, 1.807) is 0 Å². The Hall–Kier alpha value is -3.40. The fraction of sp³-hybridized carbons (Fsp3) is 0.167. The van der Waals surface area contributed by atoms with Crippen molar-refractivity contribution in [3.63, 3.8) is 0 Å². The van der Waals surface area contributed by atoms with Crippen molar-refractivity contribution in [2.24, 2.45) is 5.73 Å². The van der Waals surface area contributed by atoms with Crippen LogP contribution in [-0.2, 0) is 13.0 Å². The number of carbonyl (C=O) groups is 1. The molecule has 0 aliphatic carbocycles. The van der Waals surface area contributed by atoms with Crippen molar-refractivity contribution in [3.8, 4) is 11.3 Å². The van der Waals surface area contributed by atoms with Gasteiger partial charge in [-0.15, -0.1) is 0 Å². The van der Waals surface area contributed by atoms with E-state index in [0.717, 1.165) is 40.0 Å². The summed E-state index contributed by atoms with van der Waals surface area (Å²) in [6.07, 6.45) is 0.783. The lowest BCUT2D eigenvalue weighted by atomic mass is 10.0. The maximum absolute atomic E-state index is 12.4. The molecule has 0 saturated carbocycles. The summed E-state index contributed by atoms with van der Waals surface area (Å²) >= 11 is 0. The molecule has 140 valence electrons. The number of nitrogens with two attached hydrogens (primary N) is 1. The quantitative estimate of drug-likeness (QED) is 0.553. The summed E-state index contributed by atoms with van der Waals surface area (Å²) < 4.78 is 2.20. The second-order valence-corrected chi connectivity index (χ2v) is 6.96. The van der Waals surface area contributed by atoms with Crippen molar-refractivity contribution in [2.75, 3.05) is 0 Å². The van der Waals surface area contributed by atoms with Gasteiger partial charge in [-0.2, -0.15) is 0 Å². The normalized spacial score (nSPS) is 11.1. The number of rotatable bonds is 5. The van der Waals surface area contributed by atoms with Gasteiger partial charge in [0.2, 0.25) is 0 Å². The van der Waals surface area contributed by atoms with E-state index in [2.05, 4.69) is 23.6 Å². The van der Waals surface area contributed by atoms with Crippen LogP contribution in [0.5, 0.6) is 0 Å². The van der Waals surface area contributed by atoms with Crippen LogP contribution >= 0.6 is 0 Å². The van der Waals surface area contributed by atoms with Gasteiger partial charge in [-0.1, -0.05) is 61.5 Å². The highest BCUT2D eigenvalue weighted by Crippen LogP contribution is 2.33. The number of carbonyl (C=O) groups excluding carboxylic acids is 1. The standard InChI is InChI=1S/C24H23N3O/c1-3-21-23(20-14-13-18-11-7-8-12-19(18)26-20)22(24(25)28)16(2)27(21)15-17-9-5-4-6-10-17/h4-14H,3,15H2,1-2H3,(H2,25,28). The van der Waals surface area contributed by atoms with E-state index in [4.69, 9.17) is 10.7 Å². The molecule has 4 nitrogen and oxygen atoms in total. The third-order valence-corrected chi connectivity index (χ3v) is 5.25. The van der Waals surface area contributed by atoms with Gasteiger partial charge in [0.1, 0.15) is 0 Å². The molecule has 0 fully saturated rings. The molecule has 2 N–H and O–H groups in total. The van der Waals surface area contributed by atoms with Crippen LogP contribution in [-0.4, -0.2) is 15.5 Å². The monoisotopic (exact) mass is 369 g/mol. The van der Waals surface area contributed by atoms with Crippen LogP contribution in [0.15, 0.2) is 66.7 Å². The predicted octanol–water partition coefficient (Wildman–Crippen LogP) is 4.72. The van der Waals surface area contributed by atoms with Crippen LogP contribution in [0.25, 0.3) is 22.2 Å². The number of hydrogen-bond acceptors (Lipinski definition) is 2. The second-order valence-electron chi connectivity index (χ2n) is 6.96. The molecule has 0 aliphatic rings. The summed E-state index contributed by atoms with van der Waals surface area (Å²) in [6, 6.07) is 22.3. The van der Waals surface area contributed by atoms with E-state index < -0.39 is 5.91 Å². The third kappa shape index (κ3) is 3.07. The number of pyridine rings is 1. The molecule has 0 unspecified atom stereocenters. The van der Waals surface area contributed by atoms with E-state index in [1.807, 2.05) is 61.5 Å². The minimum Gasteiger partial charge on any atom is -0.366 e. The van der Waals surface area contributed by atoms with E-state index >= 15 is 0 Å². The Balaban J connectivity index is 1.94. The molecular weight excluding hydrogens is 346 g/mol. The molecule has 0 saturated heterocycles. The average Bonchev–Trinajstić information content (AvgIpc) is 3.00. The van der Waals surface area contributed by atoms with Gasteiger partial charge in [-0.3, -0.25) is 4.79 Å². The van der Waals surface area contributed by atoms with E-state index in [9.17, 15) is 4.79 Å². The molecule has 4 aromatic rings. The Morgan fingerprint density at radius 1 is 1.00 bits per heavy atom. The van der Waals surface area contributed by atoms with Crippen molar-refractivity contribution in [1.82, 2.24) is 9.55 Å². The van der Waals surface area contributed by atoms with Crippen molar-refractivity contribution >= 4 is 16.8 Å². The highest BCUT2D eigenvalue weighted by Gasteiger charge is 2.24. The molecule has 2 heterocycles. The van der Waals surface area contributed by atoms with Crippen molar-refractivity contribution in [1.29, 1.82) is 0 Å². The molecule has 1 amide bonds. The lowest BCUT2D eigenvalue weighted by Gasteiger charge is -2.12. The van der Waals surface area contributed by atoms with Gasteiger partial charge in [0.05, 0.1) is 16.8 Å². The summed E-state index contributed by atoms with van der Waals surface area (Å²) in [5.74, 6) is -0.413. The summed E-state index contributed by atoms with van der Waals surface area (Å²) in [6.45, 7) is 4.77. The molecule has 2 aromatic heterocycles. The fourth-order valence-electron chi connectivity index (χ4n) is 3.93. The zero-order valence-corrected chi connectivity index (χ0v) is 16.1. The molecule has 0 bridgehead atoms. The summed E-state index contributed by atoms with van der Waals surface area (Å²) in [4.78, 5) is 17.2. The van der Waals surface area contributed by atoms with Crippen molar-refractivity contribution < 1.29 is 4.79 Å². The largest absolute Gasteiger partial charge is 0.366 e. The van der Waals surface area contributed by atoms with E-state index in [1.165, 1.54) is 5.56 Å². The first-order chi connectivity index (χ1) is 13.6. The first-order valence-electron chi connectivity index (χ1n) is 9.52. The number of aromatic nitrogens is 2. The summed E-state index contributed by atoms with van der Waals surface area (Å²) in [5.41, 5.74) is 12.1. The second kappa shape index (κ2) is 7.31. The molecule has 4 heteroatoms. The molecule has 0 spiro atoms. The van der Waals surface area contributed by atoms with Gasteiger partial charge in [0.25, 0.3) is 5.91 Å². The van der Waals surface area contributed by atoms with Crippen LogP contribution in [0, 0.1) is 6.92 Å². The van der Waals surface area contributed by atoms with Gasteiger partial charge >= 0.3 is 0 Å². The highest BCUT2D eigenvalue weighted by atomic mass is 16.1. The fourth-order valence-corrected chi connectivity index (χ4v) is 3.93. The zero-order chi connectivity index (χ0) is 19.7. The van der Waals surface area contributed by atoms with Crippen LogP contribution in [0.3, 0.4) is 0 Å². The van der Waals surface area contributed by atoms with Gasteiger partial charge in [0.15, 0.2) is 0 Å². The van der Waals surface area contributed by atoms with Gasteiger partial charge in [-0.05, 0) is 31.0 Å². The Kier molecular flexibility index (Phi) is 4.70. The zero-order valence-electron chi connectivity index (χ0n) is 16.1. The molecular formula is C24H23N3O. The molecule has 0 aliphatic heterocycles. The minimum atomic E-state index is -0.413. The number of primary amides is 1. The summed E-state index contributed by atoms with van der Waals surface area (Å²) in [7, 11) is 0. The Bertz CT molecular complexity index is 1160. The van der Waals surface area contributed by atoms with Gasteiger partial charge in [-0.25, -0.2) is 4.98 Å². The number of hydrogen-bond donors (Lipinski definition) is 1. The Morgan fingerprint density at radius 2 is 1.71 bits per heavy atom. The predicted molar refractivity (Wildman–Crippen MR) is 113 cm³/mol. The number of para-hydroxylation sites is 1. The number of nitrogens with zero attached hydrogens (tertiary/aromatic N) is 2.